The van der Waals surface area contributed by atoms with E-state index in [-0.39, 0.29) is 18.6 Å². The van der Waals surface area contributed by atoms with E-state index in [0.717, 1.165) is 18.1 Å². The van der Waals surface area contributed by atoms with E-state index in [2.05, 4.69) is 5.32 Å². The minimum Gasteiger partial charge on any atom is -0.481 e. The van der Waals surface area contributed by atoms with Gasteiger partial charge in [-0.1, -0.05) is 0 Å². The second-order valence-electron chi connectivity index (χ2n) is 5.47. The van der Waals surface area contributed by atoms with Gasteiger partial charge in [-0.05, 0) is 19.8 Å². The molecule has 0 saturated carbocycles. The molecule has 0 spiro atoms. The molecular formula is C13H22N2O4S. The molecule has 2 rings (SSSR count). The molecule has 1 unspecified atom stereocenters. The largest absolute Gasteiger partial charge is 0.481 e. The van der Waals surface area contributed by atoms with Crippen LogP contribution in [0.3, 0.4) is 0 Å². The van der Waals surface area contributed by atoms with Gasteiger partial charge in [0, 0.05) is 43.9 Å². The summed E-state index contributed by atoms with van der Waals surface area (Å²) in [6.45, 7) is 3.81. The lowest BCUT2D eigenvalue weighted by Gasteiger charge is -2.36. The van der Waals surface area contributed by atoms with Crippen molar-refractivity contribution in [3.05, 3.63) is 0 Å². The highest BCUT2D eigenvalue weighted by Gasteiger charge is 2.41. The van der Waals surface area contributed by atoms with Crippen LogP contribution >= 0.6 is 11.8 Å². The second kappa shape index (κ2) is 6.67. The molecule has 2 aliphatic rings. The number of amides is 2. The van der Waals surface area contributed by atoms with Gasteiger partial charge < -0.3 is 20.1 Å². The quantitative estimate of drug-likeness (QED) is 0.813. The van der Waals surface area contributed by atoms with Crippen molar-refractivity contribution in [1.82, 2.24) is 10.2 Å². The Morgan fingerprint density at radius 1 is 1.45 bits per heavy atom. The van der Waals surface area contributed by atoms with Crippen LogP contribution in [0, 0.1) is 5.41 Å². The van der Waals surface area contributed by atoms with Gasteiger partial charge in [-0.25, -0.2) is 4.79 Å². The van der Waals surface area contributed by atoms with E-state index >= 15 is 0 Å². The van der Waals surface area contributed by atoms with Crippen LogP contribution in [0.2, 0.25) is 0 Å². The number of rotatable bonds is 3. The molecule has 2 amide bonds. The first-order valence-corrected chi connectivity index (χ1v) is 8.14. The number of carboxylic acids is 1. The molecule has 1 atom stereocenters. The van der Waals surface area contributed by atoms with Crippen molar-refractivity contribution >= 4 is 23.8 Å². The Bertz CT molecular complexity index is 371. The van der Waals surface area contributed by atoms with Crippen LogP contribution in [0.15, 0.2) is 0 Å². The summed E-state index contributed by atoms with van der Waals surface area (Å²) in [6.07, 6.45) is 0.905. The zero-order valence-electron chi connectivity index (χ0n) is 11.8. The van der Waals surface area contributed by atoms with Gasteiger partial charge in [-0.2, -0.15) is 11.8 Å². The Balaban J connectivity index is 1.91. The fourth-order valence-electron chi connectivity index (χ4n) is 2.60. The standard InChI is InChI=1S/C13H22N2O4S/c1-10-8-20-7-4-15(10)12(18)14-9-13(11(16)17)2-5-19-6-3-13/h10H,2-9H2,1H3,(H,14,18)(H,16,17). The maximum absolute atomic E-state index is 12.2. The van der Waals surface area contributed by atoms with E-state index in [1.165, 1.54) is 0 Å². The van der Waals surface area contributed by atoms with Gasteiger partial charge in [-0.15, -0.1) is 0 Å². The first kappa shape index (κ1) is 15.4. The van der Waals surface area contributed by atoms with E-state index in [0.29, 0.717) is 26.1 Å². The molecule has 114 valence electrons. The average Bonchev–Trinajstić information content (AvgIpc) is 2.46. The molecular weight excluding hydrogens is 280 g/mol. The Labute approximate surface area is 123 Å². The Hall–Kier alpha value is -0.950. The minimum absolute atomic E-state index is 0.148. The zero-order chi connectivity index (χ0) is 14.6. The third-order valence-corrected chi connectivity index (χ3v) is 5.30. The Morgan fingerprint density at radius 3 is 2.75 bits per heavy atom. The van der Waals surface area contributed by atoms with E-state index in [9.17, 15) is 14.7 Å². The number of carbonyl (C=O) groups is 2. The molecule has 2 fully saturated rings. The lowest BCUT2D eigenvalue weighted by molar-refractivity contribution is -0.154. The number of hydrogen-bond acceptors (Lipinski definition) is 4. The molecule has 2 heterocycles. The predicted molar refractivity (Wildman–Crippen MR) is 77.0 cm³/mol. The summed E-state index contributed by atoms with van der Waals surface area (Å²) in [7, 11) is 0. The maximum Gasteiger partial charge on any atom is 0.317 e. The molecule has 0 radical (unpaired) electrons. The predicted octanol–water partition coefficient (Wildman–Crippen LogP) is 1.01. The SMILES string of the molecule is CC1CSCCN1C(=O)NCC1(C(=O)O)CCOCC1. The molecule has 0 aromatic carbocycles. The van der Waals surface area contributed by atoms with Gasteiger partial charge in [-0.3, -0.25) is 4.79 Å². The molecule has 2 saturated heterocycles. The summed E-state index contributed by atoms with van der Waals surface area (Å²) in [5.41, 5.74) is -0.873. The third-order valence-electron chi connectivity index (χ3n) is 4.11. The number of thioether (sulfide) groups is 1. The molecule has 0 bridgehead atoms. The highest BCUT2D eigenvalue weighted by molar-refractivity contribution is 7.99. The number of ether oxygens (including phenoxy) is 1. The Morgan fingerprint density at radius 2 is 2.15 bits per heavy atom. The lowest BCUT2D eigenvalue weighted by Crippen LogP contribution is -2.53. The van der Waals surface area contributed by atoms with Gasteiger partial charge in [0.05, 0.1) is 5.41 Å². The summed E-state index contributed by atoms with van der Waals surface area (Å²) >= 11 is 1.84. The van der Waals surface area contributed by atoms with E-state index < -0.39 is 11.4 Å². The topological polar surface area (TPSA) is 78.9 Å². The summed E-state index contributed by atoms with van der Waals surface area (Å²) in [5, 5.41) is 12.3. The van der Waals surface area contributed by atoms with Gasteiger partial charge >= 0.3 is 12.0 Å². The second-order valence-corrected chi connectivity index (χ2v) is 6.62. The van der Waals surface area contributed by atoms with Crippen LogP contribution in [0.5, 0.6) is 0 Å². The number of nitrogens with one attached hydrogen (secondary N) is 1. The average molecular weight is 302 g/mol. The number of carboxylic acid groups (broad SMARTS) is 1. The summed E-state index contributed by atoms with van der Waals surface area (Å²) in [6, 6.07) is 0.0501. The molecule has 20 heavy (non-hydrogen) atoms. The first-order valence-electron chi connectivity index (χ1n) is 6.98. The van der Waals surface area contributed by atoms with E-state index in [1.807, 2.05) is 18.7 Å². The van der Waals surface area contributed by atoms with Crippen molar-refractivity contribution in [2.75, 3.05) is 37.8 Å². The zero-order valence-corrected chi connectivity index (χ0v) is 12.6. The number of aliphatic carboxylic acids is 1. The van der Waals surface area contributed by atoms with Crippen molar-refractivity contribution in [2.45, 2.75) is 25.8 Å². The van der Waals surface area contributed by atoms with Gasteiger partial charge in [0.2, 0.25) is 0 Å². The van der Waals surface area contributed by atoms with E-state index in [1.54, 1.807) is 4.90 Å². The summed E-state index contributed by atoms with van der Waals surface area (Å²) in [5.74, 6) is 1.03. The van der Waals surface area contributed by atoms with E-state index in [4.69, 9.17) is 4.74 Å². The number of carbonyl (C=O) groups excluding carboxylic acids is 1. The molecule has 0 aliphatic carbocycles. The van der Waals surface area contributed by atoms with Crippen LogP contribution in [-0.4, -0.2) is 65.9 Å². The maximum atomic E-state index is 12.2. The third kappa shape index (κ3) is 3.38. The van der Waals surface area contributed by atoms with Gasteiger partial charge in [0.25, 0.3) is 0 Å². The molecule has 7 heteroatoms. The summed E-state index contributed by atoms with van der Waals surface area (Å²) in [4.78, 5) is 25.5. The molecule has 0 aromatic rings. The van der Waals surface area contributed by atoms with Crippen molar-refractivity contribution < 1.29 is 19.4 Å². The molecule has 0 aromatic heterocycles. The molecule has 6 nitrogen and oxygen atoms in total. The lowest BCUT2D eigenvalue weighted by atomic mass is 9.80. The smallest absolute Gasteiger partial charge is 0.317 e. The normalized spacial score (nSPS) is 26.1. The fourth-order valence-corrected chi connectivity index (χ4v) is 3.62. The Kier molecular flexibility index (Phi) is 5.15. The van der Waals surface area contributed by atoms with Crippen LogP contribution in [0.1, 0.15) is 19.8 Å². The van der Waals surface area contributed by atoms with Crippen molar-refractivity contribution in [3.8, 4) is 0 Å². The number of hydrogen-bond donors (Lipinski definition) is 2. The number of urea groups is 1. The van der Waals surface area contributed by atoms with Gasteiger partial charge in [0.15, 0.2) is 0 Å². The highest BCUT2D eigenvalue weighted by atomic mass is 32.2. The van der Waals surface area contributed by atoms with Crippen LogP contribution in [0.4, 0.5) is 4.79 Å². The van der Waals surface area contributed by atoms with Crippen LogP contribution in [-0.2, 0) is 9.53 Å². The molecule has 2 aliphatic heterocycles. The molecule has 2 N–H and O–H groups in total. The van der Waals surface area contributed by atoms with Crippen molar-refractivity contribution in [1.29, 1.82) is 0 Å². The van der Waals surface area contributed by atoms with Crippen molar-refractivity contribution in [3.63, 3.8) is 0 Å². The summed E-state index contributed by atoms with van der Waals surface area (Å²) < 4.78 is 5.23. The van der Waals surface area contributed by atoms with Crippen molar-refractivity contribution in [2.24, 2.45) is 5.41 Å². The first-order chi connectivity index (χ1) is 9.55. The highest BCUT2D eigenvalue weighted by Crippen LogP contribution is 2.30. The fraction of sp³-hybridized carbons (Fsp3) is 0.846. The van der Waals surface area contributed by atoms with Crippen LogP contribution < -0.4 is 5.32 Å². The number of nitrogens with zero attached hydrogens (tertiary/aromatic N) is 1. The van der Waals surface area contributed by atoms with Crippen LogP contribution in [0.25, 0.3) is 0 Å². The van der Waals surface area contributed by atoms with Gasteiger partial charge in [0.1, 0.15) is 0 Å². The minimum atomic E-state index is -0.873. The monoisotopic (exact) mass is 302 g/mol.